The molecule has 0 atom stereocenters. The molecule has 0 amide bonds. The van der Waals surface area contributed by atoms with Crippen LogP contribution in [-0.2, 0) is 0 Å². The molecule has 20 heavy (non-hydrogen) atoms. The van der Waals surface area contributed by atoms with E-state index in [0.29, 0.717) is 16.2 Å². The van der Waals surface area contributed by atoms with Gasteiger partial charge >= 0.3 is 0 Å². The van der Waals surface area contributed by atoms with Crippen molar-refractivity contribution in [3.63, 3.8) is 0 Å². The van der Waals surface area contributed by atoms with Crippen LogP contribution < -0.4 is 5.32 Å². The van der Waals surface area contributed by atoms with Crippen LogP contribution in [0.4, 0.5) is 0 Å². The maximum absolute atomic E-state index is 3.73. The summed E-state index contributed by atoms with van der Waals surface area (Å²) in [5.74, 6) is 1.31. The number of hydrogen-bond donors (Lipinski definition) is 1. The van der Waals surface area contributed by atoms with E-state index in [-0.39, 0.29) is 0 Å². The van der Waals surface area contributed by atoms with Crippen LogP contribution in [0.3, 0.4) is 0 Å². The van der Waals surface area contributed by atoms with Crippen LogP contribution in [0, 0.1) is 5.41 Å². The molecule has 1 saturated carbocycles. The predicted molar refractivity (Wildman–Crippen MR) is 91.6 cm³/mol. The largest absolute Gasteiger partial charge is 0.314 e. The van der Waals surface area contributed by atoms with Crippen molar-refractivity contribution in [2.75, 3.05) is 31.9 Å². The first kappa shape index (κ1) is 16.6. The molecule has 3 heteroatoms. The number of thioether (sulfide) groups is 1. The van der Waals surface area contributed by atoms with E-state index in [4.69, 9.17) is 0 Å². The highest BCUT2D eigenvalue weighted by Crippen LogP contribution is 2.38. The molecule has 0 unspecified atom stereocenters. The van der Waals surface area contributed by atoms with Crippen molar-refractivity contribution in [3.05, 3.63) is 0 Å². The molecular weight excluding hydrogens is 264 g/mol. The quantitative estimate of drug-likeness (QED) is 0.832. The van der Waals surface area contributed by atoms with Gasteiger partial charge in [0.25, 0.3) is 0 Å². The van der Waals surface area contributed by atoms with Crippen molar-refractivity contribution in [2.45, 2.75) is 70.6 Å². The Bertz CT molecular complexity index is 295. The van der Waals surface area contributed by atoms with Crippen molar-refractivity contribution in [3.8, 4) is 0 Å². The highest BCUT2D eigenvalue weighted by Gasteiger charge is 2.36. The van der Waals surface area contributed by atoms with Gasteiger partial charge in [0.1, 0.15) is 0 Å². The zero-order valence-corrected chi connectivity index (χ0v) is 14.8. The Morgan fingerprint density at radius 2 is 1.85 bits per heavy atom. The van der Waals surface area contributed by atoms with Crippen LogP contribution in [0.5, 0.6) is 0 Å². The zero-order chi connectivity index (χ0) is 14.6. The number of hydrogen-bond acceptors (Lipinski definition) is 3. The van der Waals surface area contributed by atoms with E-state index in [9.17, 15) is 0 Å². The lowest BCUT2D eigenvalue weighted by Gasteiger charge is -2.45. The Morgan fingerprint density at radius 1 is 1.15 bits per heavy atom. The van der Waals surface area contributed by atoms with Gasteiger partial charge in [-0.15, -0.1) is 0 Å². The van der Waals surface area contributed by atoms with E-state index in [1.807, 2.05) is 0 Å². The average molecular weight is 299 g/mol. The molecule has 0 aromatic heterocycles. The second-order valence-electron chi connectivity index (χ2n) is 7.92. The molecule has 0 bridgehead atoms. The molecule has 1 N–H and O–H groups in total. The Hall–Kier alpha value is 0.270. The summed E-state index contributed by atoms with van der Waals surface area (Å²) in [5.41, 5.74) is 0.542. The van der Waals surface area contributed by atoms with Crippen molar-refractivity contribution in [1.29, 1.82) is 0 Å². The van der Waals surface area contributed by atoms with Gasteiger partial charge < -0.3 is 10.2 Å². The minimum absolute atomic E-state index is 0.444. The fourth-order valence-electron chi connectivity index (χ4n) is 3.84. The molecule has 0 radical (unpaired) electrons. The molecule has 2 nitrogen and oxygen atoms in total. The predicted octanol–water partition coefficient (Wildman–Crippen LogP) is 3.76. The van der Waals surface area contributed by atoms with Crippen LogP contribution in [0.1, 0.15) is 59.8 Å². The van der Waals surface area contributed by atoms with E-state index in [2.05, 4.69) is 49.7 Å². The molecule has 2 aliphatic rings. The molecular formula is C17H34N2S. The van der Waals surface area contributed by atoms with Crippen molar-refractivity contribution < 1.29 is 0 Å². The van der Waals surface area contributed by atoms with E-state index in [0.717, 1.165) is 0 Å². The fraction of sp³-hybridized carbons (Fsp3) is 1.00. The number of nitrogens with one attached hydrogen (secondary N) is 1. The Morgan fingerprint density at radius 3 is 2.45 bits per heavy atom. The lowest BCUT2D eigenvalue weighted by Crippen LogP contribution is -2.51. The first-order valence-electron chi connectivity index (χ1n) is 8.51. The van der Waals surface area contributed by atoms with Crippen LogP contribution >= 0.6 is 11.8 Å². The number of rotatable bonds is 5. The van der Waals surface area contributed by atoms with Crippen LogP contribution in [-0.4, -0.2) is 47.6 Å². The first-order valence-corrected chi connectivity index (χ1v) is 9.49. The van der Waals surface area contributed by atoms with Gasteiger partial charge in [0.05, 0.1) is 0 Å². The minimum atomic E-state index is 0.444. The summed E-state index contributed by atoms with van der Waals surface area (Å²) < 4.78 is 0.444. The highest BCUT2D eigenvalue weighted by atomic mass is 32.2. The van der Waals surface area contributed by atoms with Crippen LogP contribution in [0.15, 0.2) is 0 Å². The van der Waals surface area contributed by atoms with Gasteiger partial charge in [0, 0.05) is 42.7 Å². The second kappa shape index (κ2) is 7.02. The summed E-state index contributed by atoms with van der Waals surface area (Å²) >= 11 is 2.15. The zero-order valence-electron chi connectivity index (χ0n) is 14.0. The molecule has 2 rings (SSSR count). The van der Waals surface area contributed by atoms with Crippen LogP contribution in [0.2, 0.25) is 0 Å². The normalized spacial score (nSPS) is 26.9. The van der Waals surface area contributed by atoms with Gasteiger partial charge in [-0.05, 0) is 32.1 Å². The Kier molecular flexibility index (Phi) is 5.84. The van der Waals surface area contributed by atoms with Gasteiger partial charge in [-0.1, -0.05) is 33.1 Å². The molecule has 1 saturated heterocycles. The lowest BCUT2D eigenvalue weighted by atomic mass is 9.73. The van der Waals surface area contributed by atoms with Crippen molar-refractivity contribution in [2.24, 2.45) is 5.41 Å². The van der Waals surface area contributed by atoms with Crippen molar-refractivity contribution in [1.82, 2.24) is 10.2 Å². The standard InChI is InChI=1S/C17H34N2S/c1-15(2)18-12-17(8-6-5-7-9-17)14-19-10-11-20-16(3,4)13-19/h15,18H,5-14H2,1-4H3. The maximum atomic E-state index is 3.73. The summed E-state index contributed by atoms with van der Waals surface area (Å²) in [5, 5.41) is 3.73. The fourth-order valence-corrected chi connectivity index (χ4v) is 5.01. The first-order chi connectivity index (χ1) is 9.41. The SMILES string of the molecule is CC(C)NCC1(CN2CCSC(C)(C)C2)CCCCC1. The molecule has 1 aliphatic carbocycles. The van der Waals surface area contributed by atoms with Gasteiger partial charge in [0.15, 0.2) is 0 Å². The molecule has 1 heterocycles. The Labute approximate surface area is 130 Å². The van der Waals surface area contributed by atoms with E-state index in [1.165, 1.54) is 64.0 Å². The van der Waals surface area contributed by atoms with E-state index in [1.54, 1.807) is 0 Å². The van der Waals surface area contributed by atoms with Gasteiger partial charge in [-0.2, -0.15) is 11.8 Å². The molecule has 2 fully saturated rings. The summed E-state index contributed by atoms with van der Waals surface area (Å²) in [6.07, 6.45) is 7.18. The topological polar surface area (TPSA) is 15.3 Å². The Balaban J connectivity index is 1.96. The summed E-state index contributed by atoms with van der Waals surface area (Å²) in [7, 11) is 0. The third-order valence-electron chi connectivity index (χ3n) is 4.86. The smallest absolute Gasteiger partial charge is 0.0231 e. The third-order valence-corrected chi connectivity index (χ3v) is 6.16. The third kappa shape index (κ3) is 4.92. The second-order valence-corrected chi connectivity index (χ2v) is 9.72. The summed E-state index contributed by atoms with van der Waals surface area (Å²) in [6.45, 7) is 14.5. The van der Waals surface area contributed by atoms with Crippen molar-refractivity contribution >= 4 is 11.8 Å². The highest BCUT2D eigenvalue weighted by molar-refractivity contribution is 8.00. The summed E-state index contributed by atoms with van der Waals surface area (Å²) in [4.78, 5) is 2.75. The van der Waals surface area contributed by atoms with Gasteiger partial charge in [0.2, 0.25) is 0 Å². The molecule has 0 aromatic carbocycles. The number of nitrogens with zero attached hydrogens (tertiary/aromatic N) is 1. The average Bonchev–Trinajstić information content (AvgIpc) is 2.36. The van der Waals surface area contributed by atoms with E-state index >= 15 is 0 Å². The van der Waals surface area contributed by atoms with E-state index < -0.39 is 0 Å². The molecule has 0 aromatic rings. The molecule has 118 valence electrons. The summed E-state index contributed by atoms with van der Waals surface area (Å²) in [6, 6.07) is 0.613. The minimum Gasteiger partial charge on any atom is -0.314 e. The maximum Gasteiger partial charge on any atom is 0.0231 e. The van der Waals surface area contributed by atoms with Crippen LogP contribution in [0.25, 0.3) is 0 Å². The molecule has 1 aliphatic heterocycles. The lowest BCUT2D eigenvalue weighted by molar-refractivity contribution is 0.0969. The van der Waals surface area contributed by atoms with Gasteiger partial charge in [-0.25, -0.2) is 0 Å². The molecule has 0 spiro atoms. The monoisotopic (exact) mass is 298 g/mol. The van der Waals surface area contributed by atoms with Gasteiger partial charge in [-0.3, -0.25) is 0 Å².